The molecule has 2 atom stereocenters. The van der Waals surface area contributed by atoms with Crippen molar-refractivity contribution >= 4 is 6.09 Å². The second-order valence-corrected chi connectivity index (χ2v) is 7.46. The fraction of sp³-hybridized carbons (Fsp3) is 0.611. The summed E-state index contributed by atoms with van der Waals surface area (Å²) in [7, 11) is 0. The first-order chi connectivity index (χ1) is 11.8. The lowest BCUT2D eigenvalue weighted by Crippen LogP contribution is -2.55. The van der Waals surface area contributed by atoms with Crippen molar-refractivity contribution in [3.05, 3.63) is 45.8 Å². The highest BCUT2D eigenvalue weighted by Crippen LogP contribution is 2.23. The summed E-state index contributed by atoms with van der Waals surface area (Å²) in [5.41, 5.74) is 10.3. The molecule has 1 heterocycles. The standard InChI is InChI=1S/C18H27N5O2/c1-13-5-7-14(8-6-13)16-12-23(17(24)25-18(2,3)4)11-15(21-16)9-10-20-22-19/h5-8,15-16,21H,9-12H2,1-4H3/t15-,16+/m1/s1. The molecule has 0 radical (unpaired) electrons. The number of nitrogens with zero attached hydrogens (tertiary/aromatic N) is 4. The Hall–Kier alpha value is -2.24. The topological polar surface area (TPSA) is 90.3 Å². The first kappa shape index (κ1) is 19.1. The normalized spacial score (nSPS) is 20.7. The number of carbonyl (C=O) groups is 1. The van der Waals surface area contributed by atoms with Gasteiger partial charge >= 0.3 is 6.09 Å². The maximum absolute atomic E-state index is 12.5. The number of piperazine rings is 1. The number of amides is 1. The van der Waals surface area contributed by atoms with Crippen molar-refractivity contribution < 1.29 is 9.53 Å². The van der Waals surface area contributed by atoms with Crippen LogP contribution in [0.25, 0.3) is 10.4 Å². The number of nitrogens with one attached hydrogen (secondary N) is 1. The van der Waals surface area contributed by atoms with Gasteiger partial charge in [-0.25, -0.2) is 4.79 Å². The molecule has 1 saturated heterocycles. The first-order valence-electron chi connectivity index (χ1n) is 8.60. The molecular formula is C18H27N5O2. The maximum Gasteiger partial charge on any atom is 0.410 e. The van der Waals surface area contributed by atoms with E-state index in [4.69, 9.17) is 10.3 Å². The van der Waals surface area contributed by atoms with Gasteiger partial charge in [-0.2, -0.15) is 0 Å². The zero-order valence-corrected chi connectivity index (χ0v) is 15.4. The summed E-state index contributed by atoms with van der Waals surface area (Å²) in [6, 6.07) is 8.37. The predicted molar refractivity (Wildman–Crippen MR) is 97.3 cm³/mol. The summed E-state index contributed by atoms with van der Waals surface area (Å²) in [6.07, 6.45) is 0.367. The van der Waals surface area contributed by atoms with E-state index in [-0.39, 0.29) is 18.2 Å². The first-order valence-corrected chi connectivity index (χ1v) is 8.60. The van der Waals surface area contributed by atoms with E-state index in [1.165, 1.54) is 5.56 Å². The van der Waals surface area contributed by atoms with Gasteiger partial charge < -0.3 is 15.0 Å². The van der Waals surface area contributed by atoms with Gasteiger partial charge in [0.15, 0.2) is 0 Å². The molecule has 0 aromatic heterocycles. The monoisotopic (exact) mass is 345 g/mol. The summed E-state index contributed by atoms with van der Waals surface area (Å²) < 4.78 is 5.53. The van der Waals surface area contributed by atoms with Gasteiger partial charge in [-0.1, -0.05) is 34.9 Å². The van der Waals surface area contributed by atoms with E-state index in [0.717, 1.165) is 5.56 Å². The maximum atomic E-state index is 12.5. The summed E-state index contributed by atoms with van der Waals surface area (Å²) in [5, 5.41) is 7.17. The van der Waals surface area contributed by atoms with Gasteiger partial charge in [-0.05, 0) is 45.2 Å². The van der Waals surface area contributed by atoms with Crippen molar-refractivity contribution in [1.29, 1.82) is 0 Å². The van der Waals surface area contributed by atoms with Crippen molar-refractivity contribution in [1.82, 2.24) is 10.2 Å². The second-order valence-electron chi connectivity index (χ2n) is 7.46. The molecule has 1 aliphatic rings. The van der Waals surface area contributed by atoms with Crippen molar-refractivity contribution in [3.63, 3.8) is 0 Å². The third-order valence-corrected chi connectivity index (χ3v) is 4.05. The number of carbonyl (C=O) groups excluding carboxylic acids is 1. The molecule has 7 nitrogen and oxygen atoms in total. The zero-order chi connectivity index (χ0) is 18.4. The molecule has 1 aromatic rings. The lowest BCUT2D eigenvalue weighted by molar-refractivity contribution is 0.0149. The van der Waals surface area contributed by atoms with Gasteiger partial charge in [0.25, 0.3) is 0 Å². The molecule has 1 aliphatic heterocycles. The highest BCUT2D eigenvalue weighted by atomic mass is 16.6. The molecule has 0 aliphatic carbocycles. The summed E-state index contributed by atoms with van der Waals surface area (Å²) in [5.74, 6) is 0. The van der Waals surface area contributed by atoms with Crippen LogP contribution in [0.3, 0.4) is 0 Å². The smallest absolute Gasteiger partial charge is 0.410 e. The molecule has 136 valence electrons. The molecule has 0 bridgehead atoms. The molecule has 1 N–H and O–H groups in total. The van der Waals surface area contributed by atoms with Gasteiger partial charge in [0.2, 0.25) is 0 Å². The quantitative estimate of drug-likeness (QED) is 0.509. The Morgan fingerprint density at radius 1 is 1.36 bits per heavy atom. The van der Waals surface area contributed by atoms with Crippen LogP contribution >= 0.6 is 0 Å². The lowest BCUT2D eigenvalue weighted by atomic mass is 9.99. The predicted octanol–water partition coefficient (Wildman–Crippen LogP) is 3.95. The Morgan fingerprint density at radius 3 is 2.64 bits per heavy atom. The molecule has 25 heavy (non-hydrogen) atoms. The SMILES string of the molecule is Cc1ccc([C@@H]2CN(C(=O)OC(C)(C)C)C[C@@H](CCN=[N+]=[N-])N2)cc1. The highest BCUT2D eigenvalue weighted by Gasteiger charge is 2.32. The molecule has 7 heteroatoms. The molecule has 1 fully saturated rings. The average Bonchev–Trinajstić information content (AvgIpc) is 2.54. The largest absolute Gasteiger partial charge is 0.444 e. The van der Waals surface area contributed by atoms with Crippen LogP contribution < -0.4 is 5.32 Å². The van der Waals surface area contributed by atoms with Crippen LogP contribution in [0.15, 0.2) is 29.4 Å². The summed E-state index contributed by atoms with van der Waals surface area (Å²) in [6.45, 7) is 9.13. The number of benzene rings is 1. The van der Waals surface area contributed by atoms with Gasteiger partial charge in [0, 0.05) is 30.6 Å². The van der Waals surface area contributed by atoms with E-state index in [9.17, 15) is 4.79 Å². The third kappa shape index (κ3) is 5.96. The number of aryl methyl sites for hydroxylation is 1. The third-order valence-electron chi connectivity index (χ3n) is 4.05. The second kappa shape index (κ2) is 8.23. The van der Waals surface area contributed by atoms with Gasteiger partial charge in [0.1, 0.15) is 5.60 Å². The minimum atomic E-state index is -0.526. The highest BCUT2D eigenvalue weighted by molar-refractivity contribution is 5.68. The zero-order valence-electron chi connectivity index (χ0n) is 15.4. The molecule has 1 amide bonds. The molecule has 0 unspecified atom stereocenters. The van der Waals surface area contributed by atoms with Gasteiger partial charge in [0.05, 0.1) is 6.04 Å². The number of rotatable bonds is 4. The fourth-order valence-corrected chi connectivity index (χ4v) is 2.86. The lowest BCUT2D eigenvalue weighted by Gasteiger charge is -2.39. The summed E-state index contributed by atoms with van der Waals surface area (Å²) >= 11 is 0. The Bertz CT molecular complexity index is 632. The molecule has 1 aromatic carbocycles. The van der Waals surface area contributed by atoms with Crippen LogP contribution in [0.1, 0.15) is 44.4 Å². The molecular weight excluding hydrogens is 318 g/mol. The Balaban J connectivity index is 2.14. The van der Waals surface area contributed by atoms with Crippen molar-refractivity contribution in [2.75, 3.05) is 19.6 Å². The number of hydrogen-bond acceptors (Lipinski definition) is 4. The minimum Gasteiger partial charge on any atom is -0.444 e. The van der Waals surface area contributed by atoms with Crippen LogP contribution in [0, 0.1) is 6.92 Å². The Morgan fingerprint density at radius 2 is 2.04 bits per heavy atom. The minimum absolute atomic E-state index is 0.0259. The summed E-state index contributed by atoms with van der Waals surface area (Å²) in [4.78, 5) is 17.1. The van der Waals surface area contributed by atoms with E-state index in [1.54, 1.807) is 4.90 Å². The van der Waals surface area contributed by atoms with E-state index in [1.807, 2.05) is 27.7 Å². The number of hydrogen-bond donors (Lipinski definition) is 1. The van der Waals surface area contributed by atoms with Gasteiger partial charge in [-0.3, -0.25) is 0 Å². The van der Waals surface area contributed by atoms with E-state index in [0.29, 0.717) is 26.1 Å². The van der Waals surface area contributed by atoms with Crippen LogP contribution in [-0.2, 0) is 4.74 Å². The van der Waals surface area contributed by atoms with Crippen molar-refractivity contribution in [3.8, 4) is 0 Å². The van der Waals surface area contributed by atoms with E-state index < -0.39 is 5.60 Å². The van der Waals surface area contributed by atoms with Crippen LogP contribution in [-0.4, -0.2) is 42.3 Å². The average molecular weight is 345 g/mol. The molecule has 2 rings (SSSR count). The number of ether oxygens (including phenoxy) is 1. The van der Waals surface area contributed by atoms with Crippen molar-refractivity contribution in [2.45, 2.75) is 51.8 Å². The van der Waals surface area contributed by atoms with Crippen LogP contribution in [0.2, 0.25) is 0 Å². The fourth-order valence-electron chi connectivity index (χ4n) is 2.86. The molecule has 0 saturated carbocycles. The van der Waals surface area contributed by atoms with Gasteiger partial charge in [-0.15, -0.1) is 0 Å². The number of azide groups is 1. The molecule has 0 spiro atoms. The van der Waals surface area contributed by atoms with E-state index >= 15 is 0 Å². The van der Waals surface area contributed by atoms with Crippen LogP contribution in [0.5, 0.6) is 0 Å². The van der Waals surface area contributed by atoms with Crippen LogP contribution in [0.4, 0.5) is 4.79 Å². The Kier molecular flexibility index (Phi) is 6.28. The van der Waals surface area contributed by atoms with E-state index in [2.05, 4.69) is 39.6 Å². The Labute approximate surface area is 149 Å². The van der Waals surface area contributed by atoms with Crippen molar-refractivity contribution in [2.24, 2.45) is 5.11 Å².